The largest absolute Gasteiger partial charge is 0.356 e. The Labute approximate surface area is 131 Å². The second-order valence-electron chi connectivity index (χ2n) is 5.74. The molecule has 118 valence electrons. The summed E-state index contributed by atoms with van der Waals surface area (Å²) < 4.78 is 0. The van der Waals surface area contributed by atoms with E-state index in [1.807, 2.05) is 7.05 Å². The predicted octanol–water partition coefficient (Wildman–Crippen LogP) is 1.39. The van der Waals surface area contributed by atoms with Gasteiger partial charge in [0, 0.05) is 31.4 Å². The molecule has 2 heterocycles. The number of hydrogen-bond acceptors (Lipinski definition) is 5. The Morgan fingerprint density at radius 3 is 2.86 bits per heavy atom. The molecule has 0 unspecified atom stereocenters. The highest BCUT2D eigenvalue weighted by molar-refractivity contribution is 7.09. The summed E-state index contributed by atoms with van der Waals surface area (Å²) in [5, 5.41) is 9.34. The lowest BCUT2D eigenvalue weighted by Crippen LogP contribution is -2.38. The number of rotatable bonds is 7. The predicted molar refractivity (Wildman–Crippen MR) is 86.4 cm³/mol. The fourth-order valence-corrected chi connectivity index (χ4v) is 3.25. The summed E-state index contributed by atoms with van der Waals surface area (Å²) in [4.78, 5) is 18.6. The summed E-state index contributed by atoms with van der Waals surface area (Å²) in [5.41, 5.74) is 1.19. The van der Waals surface area contributed by atoms with Gasteiger partial charge in [0.15, 0.2) is 0 Å². The van der Waals surface area contributed by atoms with Crippen LogP contribution in [-0.2, 0) is 11.3 Å². The molecule has 1 fully saturated rings. The molecule has 0 spiro atoms. The number of carbonyl (C=O) groups excluding carboxylic acids is 1. The van der Waals surface area contributed by atoms with Gasteiger partial charge >= 0.3 is 0 Å². The second-order valence-corrected chi connectivity index (χ2v) is 6.80. The zero-order chi connectivity index (χ0) is 15.1. The molecule has 21 heavy (non-hydrogen) atoms. The molecule has 2 N–H and O–H groups in total. The van der Waals surface area contributed by atoms with Gasteiger partial charge in [0.05, 0.1) is 10.7 Å². The molecule has 0 aromatic carbocycles. The molecule has 1 amide bonds. The van der Waals surface area contributed by atoms with E-state index in [2.05, 4.69) is 32.8 Å². The normalized spacial score (nSPS) is 17.0. The van der Waals surface area contributed by atoms with Crippen molar-refractivity contribution in [1.29, 1.82) is 0 Å². The van der Waals surface area contributed by atoms with Crippen LogP contribution in [0.1, 0.15) is 30.0 Å². The number of aryl methyl sites for hydroxylation is 1. The minimum absolute atomic E-state index is 0.157. The van der Waals surface area contributed by atoms with Gasteiger partial charge in [0.1, 0.15) is 0 Å². The molecule has 0 aliphatic carbocycles. The first-order valence-electron chi connectivity index (χ1n) is 7.72. The Kier molecular flexibility index (Phi) is 6.60. The molecular weight excluding hydrogens is 284 g/mol. The lowest BCUT2D eigenvalue weighted by Gasteiger charge is -2.31. The van der Waals surface area contributed by atoms with Crippen molar-refractivity contribution in [3.63, 3.8) is 0 Å². The topological polar surface area (TPSA) is 57.3 Å². The van der Waals surface area contributed by atoms with E-state index >= 15 is 0 Å². The minimum atomic E-state index is 0.157. The van der Waals surface area contributed by atoms with Crippen molar-refractivity contribution in [3.05, 3.63) is 16.1 Å². The summed E-state index contributed by atoms with van der Waals surface area (Å²) in [6.45, 7) is 6.80. The van der Waals surface area contributed by atoms with Gasteiger partial charge in [0.2, 0.25) is 5.91 Å². The summed E-state index contributed by atoms with van der Waals surface area (Å²) in [7, 11) is 1.87. The van der Waals surface area contributed by atoms with Crippen LogP contribution >= 0.6 is 11.3 Å². The van der Waals surface area contributed by atoms with Crippen molar-refractivity contribution < 1.29 is 4.79 Å². The van der Waals surface area contributed by atoms with Crippen LogP contribution in [0.2, 0.25) is 0 Å². The Bertz CT molecular complexity index is 441. The van der Waals surface area contributed by atoms with Crippen LogP contribution in [0.15, 0.2) is 5.38 Å². The van der Waals surface area contributed by atoms with Gasteiger partial charge in [-0.25, -0.2) is 4.98 Å². The van der Waals surface area contributed by atoms with E-state index in [4.69, 9.17) is 0 Å². The fraction of sp³-hybridized carbons (Fsp3) is 0.733. The molecule has 0 atom stereocenters. The molecule has 1 aromatic rings. The van der Waals surface area contributed by atoms with Crippen molar-refractivity contribution in [2.24, 2.45) is 5.92 Å². The average molecular weight is 310 g/mol. The first kappa shape index (κ1) is 16.4. The van der Waals surface area contributed by atoms with Crippen molar-refractivity contribution in [2.45, 2.75) is 32.7 Å². The number of amides is 1. The van der Waals surface area contributed by atoms with Crippen molar-refractivity contribution >= 4 is 17.2 Å². The zero-order valence-corrected chi connectivity index (χ0v) is 13.8. The number of aromatic nitrogens is 1. The number of carbonyl (C=O) groups is 1. The highest BCUT2D eigenvalue weighted by Gasteiger charge is 2.20. The molecule has 0 saturated carbocycles. The van der Waals surface area contributed by atoms with Gasteiger partial charge in [-0.3, -0.25) is 9.69 Å². The molecule has 1 aliphatic rings. The van der Waals surface area contributed by atoms with Gasteiger partial charge in [-0.05, 0) is 45.8 Å². The third-order valence-electron chi connectivity index (χ3n) is 3.95. The Hall–Kier alpha value is -0.980. The monoisotopic (exact) mass is 310 g/mol. The number of hydrogen-bond donors (Lipinski definition) is 2. The first-order valence-corrected chi connectivity index (χ1v) is 8.60. The van der Waals surface area contributed by atoms with Crippen LogP contribution in [0.5, 0.6) is 0 Å². The number of nitrogens with zero attached hydrogens (tertiary/aromatic N) is 2. The standard InChI is InChI=1S/C15H26N4OS/c1-12-18-14(11-21-12)10-19-7-4-13(5-8-19)9-17-15(20)3-6-16-2/h11,13,16H,3-10H2,1-2H3,(H,17,20). The molecule has 1 saturated heterocycles. The van der Waals surface area contributed by atoms with Gasteiger partial charge in [-0.2, -0.15) is 0 Å². The number of thiazole rings is 1. The second kappa shape index (κ2) is 8.46. The number of likely N-dealkylation sites (tertiary alicyclic amines) is 1. The average Bonchev–Trinajstić information content (AvgIpc) is 2.89. The van der Waals surface area contributed by atoms with Crippen LogP contribution < -0.4 is 10.6 Å². The van der Waals surface area contributed by atoms with Gasteiger partial charge < -0.3 is 10.6 Å². The van der Waals surface area contributed by atoms with Crippen molar-refractivity contribution in [2.75, 3.05) is 33.2 Å². The highest BCUT2D eigenvalue weighted by atomic mass is 32.1. The molecule has 0 radical (unpaired) electrons. The third-order valence-corrected chi connectivity index (χ3v) is 4.77. The summed E-state index contributed by atoms with van der Waals surface area (Å²) >= 11 is 1.72. The summed E-state index contributed by atoms with van der Waals surface area (Å²) in [5.74, 6) is 0.779. The highest BCUT2D eigenvalue weighted by Crippen LogP contribution is 2.19. The number of nitrogens with one attached hydrogen (secondary N) is 2. The van der Waals surface area contributed by atoms with E-state index < -0.39 is 0 Å². The van der Waals surface area contributed by atoms with E-state index in [0.29, 0.717) is 12.3 Å². The lowest BCUT2D eigenvalue weighted by molar-refractivity contribution is -0.121. The van der Waals surface area contributed by atoms with Gasteiger partial charge in [-0.15, -0.1) is 11.3 Å². The molecule has 2 rings (SSSR count). The molecule has 1 aliphatic heterocycles. The first-order chi connectivity index (χ1) is 10.2. The maximum atomic E-state index is 11.6. The van der Waals surface area contributed by atoms with E-state index in [1.54, 1.807) is 11.3 Å². The zero-order valence-electron chi connectivity index (χ0n) is 13.0. The molecule has 0 bridgehead atoms. The van der Waals surface area contributed by atoms with E-state index in [-0.39, 0.29) is 5.91 Å². The molecule has 6 heteroatoms. The SMILES string of the molecule is CNCCC(=O)NCC1CCN(Cc2csc(C)n2)CC1. The quantitative estimate of drug-likeness (QED) is 0.799. The smallest absolute Gasteiger partial charge is 0.221 e. The van der Waals surface area contributed by atoms with Crippen molar-refractivity contribution in [1.82, 2.24) is 20.5 Å². The van der Waals surface area contributed by atoms with Gasteiger partial charge in [-0.1, -0.05) is 0 Å². The maximum absolute atomic E-state index is 11.6. The molecule has 5 nitrogen and oxygen atoms in total. The minimum Gasteiger partial charge on any atom is -0.356 e. The van der Waals surface area contributed by atoms with E-state index in [0.717, 1.165) is 50.6 Å². The van der Waals surface area contributed by atoms with Crippen LogP contribution in [0.4, 0.5) is 0 Å². The fourth-order valence-electron chi connectivity index (χ4n) is 2.64. The molecule has 1 aromatic heterocycles. The summed E-state index contributed by atoms with van der Waals surface area (Å²) in [6, 6.07) is 0. The van der Waals surface area contributed by atoms with E-state index in [1.165, 1.54) is 5.69 Å². The van der Waals surface area contributed by atoms with Crippen LogP contribution in [0.25, 0.3) is 0 Å². The maximum Gasteiger partial charge on any atom is 0.221 e. The Morgan fingerprint density at radius 2 is 2.24 bits per heavy atom. The Morgan fingerprint density at radius 1 is 1.48 bits per heavy atom. The van der Waals surface area contributed by atoms with Gasteiger partial charge in [0.25, 0.3) is 0 Å². The lowest BCUT2D eigenvalue weighted by atomic mass is 9.96. The summed E-state index contributed by atoms with van der Waals surface area (Å²) in [6.07, 6.45) is 2.89. The van der Waals surface area contributed by atoms with Crippen LogP contribution in [0, 0.1) is 12.8 Å². The van der Waals surface area contributed by atoms with Crippen molar-refractivity contribution in [3.8, 4) is 0 Å². The molecular formula is C15H26N4OS. The Balaban J connectivity index is 1.63. The van der Waals surface area contributed by atoms with Crippen LogP contribution in [-0.4, -0.2) is 49.0 Å². The third kappa shape index (κ3) is 5.73. The number of piperidine rings is 1. The van der Waals surface area contributed by atoms with Crippen LogP contribution in [0.3, 0.4) is 0 Å². The van der Waals surface area contributed by atoms with E-state index in [9.17, 15) is 4.79 Å².